The number of carbonyl (C=O) groups is 1. The number of hydrogen-bond donors (Lipinski definition) is 1. The molecule has 0 fully saturated rings. The van der Waals surface area contributed by atoms with Gasteiger partial charge in [0, 0.05) is 18.6 Å². The third kappa shape index (κ3) is 6.51. The first-order chi connectivity index (χ1) is 11.1. The summed E-state index contributed by atoms with van der Waals surface area (Å²) in [6.07, 6.45) is 8.31. The predicted octanol–water partition coefficient (Wildman–Crippen LogP) is 5.12. The van der Waals surface area contributed by atoms with Crippen molar-refractivity contribution in [3.05, 3.63) is 17.7 Å². The van der Waals surface area contributed by atoms with Crippen LogP contribution < -0.4 is 9.47 Å². The van der Waals surface area contributed by atoms with E-state index in [0.717, 1.165) is 19.3 Å². The predicted molar refractivity (Wildman–Crippen MR) is 92.8 cm³/mol. The minimum Gasteiger partial charge on any atom is -0.507 e. The van der Waals surface area contributed by atoms with Crippen molar-refractivity contribution in [3.63, 3.8) is 0 Å². The van der Waals surface area contributed by atoms with Crippen molar-refractivity contribution in [3.8, 4) is 17.2 Å². The van der Waals surface area contributed by atoms with Gasteiger partial charge in [-0.05, 0) is 12.8 Å². The number of phenolic OH excluding ortho intramolecular Hbond substituents is 1. The van der Waals surface area contributed by atoms with Gasteiger partial charge in [0.25, 0.3) is 0 Å². The van der Waals surface area contributed by atoms with Crippen LogP contribution in [0.2, 0.25) is 0 Å². The Morgan fingerprint density at radius 2 is 1.74 bits per heavy atom. The van der Waals surface area contributed by atoms with E-state index in [4.69, 9.17) is 9.47 Å². The highest BCUT2D eigenvalue weighted by molar-refractivity contribution is 6.01. The first kappa shape index (κ1) is 19.3. The summed E-state index contributed by atoms with van der Waals surface area (Å²) < 4.78 is 10.9. The van der Waals surface area contributed by atoms with E-state index in [1.54, 1.807) is 6.07 Å². The van der Waals surface area contributed by atoms with Gasteiger partial charge in [-0.15, -0.1) is 0 Å². The molecule has 0 bridgehead atoms. The van der Waals surface area contributed by atoms with Crippen LogP contribution in [0, 0.1) is 0 Å². The first-order valence-corrected chi connectivity index (χ1v) is 8.71. The Hall–Kier alpha value is -1.71. The highest BCUT2D eigenvalue weighted by Gasteiger charge is 2.18. The lowest BCUT2D eigenvalue weighted by Gasteiger charge is -2.13. The standard InChI is InChI=1S/C19H30O4/c1-4-6-7-8-9-10-12-23-15-13-17(21)19(16(20)11-5-2)18(14-15)22-3/h13-14,21H,4-12H2,1-3H3. The summed E-state index contributed by atoms with van der Waals surface area (Å²) in [5, 5.41) is 10.1. The van der Waals surface area contributed by atoms with Crippen molar-refractivity contribution in [1.82, 2.24) is 0 Å². The number of Topliss-reactive ketones (excluding diaryl/α,β-unsaturated/α-hetero) is 1. The molecule has 0 saturated carbocycles. The van der Waals surface area contributed by atoms with Crippen LogP contribution in [0.3, 0.4) is 0 Å². The number of benzene rings is 1. The maximum atomic E-state index is 12.1. The monoisotopic (exact) mass is 322 g/mol. The molecule has 23 heavy (non-hydrogen) atoms. The summed E-state index contributed by atoms with van der Waals surface area (Å²) in [6, 6.07) is 3.18. The molecule has 0 heterocycles. The quantitative estimate of drug-likeness (QED) is 0.428. The largest absolute Gasteiger partial charge is 0.507 e. The summed E-state index contributed by atoms with van der Waals surface area (Å²) in [5.41, 5.74) is 0.251. The molecule has 1 aromatic carbocycles. The number of phenols is 1. The molecule has 1 rings (SSSR count). The van der Waals surface area contributed by atoms with Gasteiger partial charge >= 0.3 is 0 Å². The average molecular weight is 322 g/mol. The number of carbonyl (C=O) groups excluding carboxylic acids is 1. The molecule has 0 aromatic heterocycles. The van der Waals surface area contributed by atoms with Gasteiger partial charge < -0.3 is 14.6 Å². The zero-order valence-electron chi connectivity index (χ0n) is 14.7. The van der Waals surface area contributed by atoms with E-state index < -0.39 is 0 Å². The zero-order valence-corrected chi connectivity index (χ0v) is 14.7. The molecule has 0 amide bonds. The fourth-order valence-electron chi connectivity index (χ4n) is 2.53. The molecule has 0 atom stereocenters. The van der Waals surface area contributed by atoms with Gasteiger partial charge in [0.05, 0.1) is 13.7 Å². The summed E-state index contributed by atoms with van der Waals surface area (Å²) in [6.45, 7) is 4.74. The molecule has 0 spiro atoms. The Kier molecular flexibility index (Phi) is 9.18. The first-order valence-electron chi connectivity index (χ1n) is 8.71. The maximum Gasteiger partial charge on any atom is 0.170 e. The fraction of sp³-hybridized carbons (Fsp3) is 0.632. The number of hydrogen-bond acceptors (Lipinski definition) is 4. The van der Waals surface area contributed by atoms with E-state index >= 15 is 0 Å². The highest BCUT2D eigenvalue weighted by atomic mass is 16.5. The van der Waals surface area contributed by atoms with Crippen LogP contribution in [0.5, 0.6) is 17.2 Å². The van der Waals surface area contributed by atoms with Crippen molar-refractivity contribution in [2.24, 2.45) is 0 Å². The number of methoxy groups -OCH3 is 1. The second kappa shape index (κ2) is 10.9. The van der Waals surface area contributed by atoms with E-state index in [0.29, 0.717) is 24.5 Å². The lowest BCUT2D eigenvalue weighted by Crippen LogP contribution is -2.04. The third-order valence-corrected chi connectivity index (χ3v) is 3.80. The summed E-state index contributed by atoms with van der Waals surface area (Å²) >= 11 is 0. The molecule has 4 heteroatoms. The van der Waals surface area contributed by atoms with Crippen molar-refractivity contribution in [2.45, 2.75) is 65.2 Å². The number of aromatic hydroxyl groups is 1. The number of rotatable bonds is 12. The topological polar surface area (TPSA) is 55.8 Å². The van der Waals surface area contributed by atoms with Crippen LogP contribution >= 0.6 is 0 Å². The zero-order chi connectivity index (χ0) is 17.1. The van der Waals surface area contributed by atoms with Crippen LogP contribution in [0.25, 0.3) is 0 Å². The van der Waals surface area contributed by atoms with Crippen LogP contribution in [0.1, 0.15) is 75.6 Å². The van der Waals surface area contributed by atoms with E-state index in [2.05, 4.69) is 6.92 Å². The molecule has 0 aliphatic heterocycles. The van der Waals surface area contributed by atoms with Crippen LogP contribution in [0.4, 0.5) is 0 Å². The smallest absolute Gasteiger partial charge is 0.170 e. The van der Waals surface area contributed by atoms with Gasteiger partial charge in [-0.1, -0.05) is 46.0 Å². The molecular formula is C19H30O4. The summed E-state index contributed by atoms with van der Waals surface area (Å²) in [7, 11) is 1.50. The van der Waals surface area contributed by atoms with Crippen LogP contribution in [0.15, 0.2) is 12.1 Å². The molecule has 4 nitrogen and oxygen atoms in total. The van der Waals surface area contributed by atoms with Gasteiger partial charge in [-0.25, -0.2) is 0 Å². The van der Waals surface area contributed by atoms with Gasteiger partial charge in [0.15, 0.2) is 5.78 Å². The SMILES string of the molecule is CCCCCCCCOc1cc(O)c(C(=O)CCC)c(OC)c1. The third-order valence-electron chi connectivity index (χ3n) is 3.80. The minimum absolute atomic E-state index is 0.0688. The normalized spacial score (nSPS) is 10.6. The number of ether oxygens (including phenoxy) is 2. The molecule has 130 valence electrons. The van der Waals surface area contributed by atoms with Gasteiger partial charge in [0.2, 0.25) is 0 Å². The number of unbranched alkanes of at least 4 members (excludes halogenated alkanes) is 5. The highest BCUT2D eigenvalue weighted by Crippen LogP contribution is 2.34. The summed E-state index contributed by atoms with van der Waals surface area (Å²) in [4.78, 5) is 12.1. The fourth-order valence-corrected chi connectivity index (χ4v) is 2.53. The van der Waals surface area contributed by atoms with Crippen molar-refractivity contribution in [2.75, 3.05) is 13.7 Å². The van der Waals surface area contributed by atoms with E-state index in [9.17, 15) is 9.90 Å². The minimum atomic E-state index is -0.107. The van der Waals surface area contributed by atoms with E-state index in [1.807, 2.05) is 6.92 Å². The van der Waals surface area contributed by atoms with Gasteiger partial charge in [0.1, 0.15) is 22.8 Å². The molecule has 0 aliphatic carbocycles. The Morgan fingerprint density at radius 1 is 1.04 bits per heavy atom. The van der Waals surface area contributed by atoms with Gasteiger partial charge in [-0.2, -0.15) is 0 Å². The molecule has 1 N–H and O–H groups in total. The Bertz CT molecular complexity index is 483. The molecular weight excluding hydrogens is 292 g/mol. The Balaban J connectivity index is 2.57. The summed E-state index contributed by atoms with van der Waals surface area (Å²) in [5.74, 6) is 0.743. The maximum absolute atomic E-state index is 12.1. The van der Waals surface area contributed by atoms with Crippen LogP contribution in [-0.2, 0) is 0 Å². The lowest BCUT2D eigenvalue weighted by molar-refractivity contribution is 0.0976. The molecule has 0 saturated heterocycles. The molecule has 1 aromatic rings. The Labute approximate surface area is 139 Å². The van der Waals surface area contributed by atoms with E-state index in [1.165, 1.54) is 38.9 Å². The second-order valence-electron chi connectivity index (χ2n) is 5.81. The van der Waals surface area contributed by atoms with Crippen molar-refractivity contribution >= 4 is 5.78 Å². The molecule has 0 aliphatic rings. The molecule has 0 radical (unpaired) electrons. The second-order valence-corrected chi connectivity index (χ2v) is 5.81. The Morgan fingerprint density at radius 3 is 2.39 bits per heavy atom. The lowest BCUT2D eigenvalue weighted by atomic mass is 10.0. The number of ketones is 1. The van der Waals surface area contributed by atoms with Gasteiger partial charge in [-0.3, -0.25) is 4.79 Å². The van der Waals surface area contributed by atoms with Crippen LogP contribution in [-0.4, -0.2) is 24.6 Å². The molecule has 0 unspecified atom stereocenters. The average Bonchev–Trinajstić information content (AvgIpc) is 2.53. The van der Waals surface area contributed by atoms with E-state index in [-0.39, 0.29) is 17.1 Å². The van der Waals surface area contributed by atoms with Crippen molar-refractivity contribution in [1.29, 1.82) is 0 Å². The van der Waals surface area contributed by atoms with Crippen molar-refractivity contribution < 1.29 is 19.4 Å².